The van der Waals surface area contributed by atoms with Crippen LogP contribution in [0.15, 0.2) is 18.2 Å². The van der Waals surface area contributed by atoms with Crippen molar-refractivity contribution in [1.82, 2.24) is 0 Å². The van der Waals surface area contributed by atoms with E-state index in [1.54, 1.807) is 0 Å². The van der Waals surface area contributed by atoms with E-state index in [1.807, 2.05) is 12.1 Å². The van der Waals surface area contributed by atoms with Crippen LogP contribution >= 0.6 is 11.6 Å². The predicted octanol–water partition coefficient (Wildman–Crippen LogP) is 2.68. The van der Waals surface area contributed by atoms with Crippen LogP contribution in [0.2, 0.25) is 5.02 Å². The average molecular weight is 209 g/mol. The summed E-state index contributed by atoms with van der Waals surface area (Å²) in [5, 5.41) is 10.9. The number of aliphatic hydroxyl groups is 1. The lowest BCUT2D eigenvalue weighted by Crippen LogP contribution is -2.31. The van der Waals surface area contributed by atoms with Gasteiger partial charge < -0.3 is 5.11 Å². The quantitative estimate of drug-likeness (QED) is 0.695. The van der Waals surface area contributed by atoms with E-state index in [0.717, 1.165) is 30.7 Å². The highest BCUT2D eigenvalue weighted by molar-refractivity contribution is 6.31. The molecule has 1 N–H and O–H groups in total. The molecule has 1 saturated carbocycles. The summed E-state index contributed by atoms with van der Waals surface area (Å²) in [5.41, 5.74) is 2.67. The standard InChI is InChI=1S/C12H13ClO/c13-10-3-1-2-9-8(10)4-5-11(14)12(9)6-7-12/h1-3,11,14H,4-7H2. The van der Waals surface area contributed by atoms with Crippen LogP contribution in [0.25, 0.3) is 0 Å². The van der Waals surface area contributed by atoms with E-state index in [-0.39, 0.29) is 11.5 Å². The molecular weight excluding hydrogens is 196 g/mol. The van der Waals surface area contributed by atoms with E-state index >= 15 is 0 Å². The zero-order valence-corrected chi connectivity index (χ0v) is 8.72. The van der Waals surface area contributed by atoms with Crippen molar-refractivity contribution in [2.75, 3.05) is 0 Å². The summed E-state index contributed by atoms with van der Waals surface area (Å²) in [6.07, 6.45) is 3.91. The number of hydrogen-bond donors (Lipinski definition) is 1. The Balaban J connectivity index is 2.18. The molecule has 0 aliphatic heterocycles. The van der Waals surface area contributed by atoms with Crippen LogP contribution in [-0.4, -0.2) is 11.2 Å². The van der Waals surface area contributed by atoms with Gasteiger partial charge in [-0.2, -0.15) is 0 Å². The van der Waals surface area contributed by atoms with Crippen molar-refractivity contribution in [1.29, 1.82) is 0 Å². The fourth-order valence-corrected chi connectivity index (χ4v) is 3.02. The highest BCUT2D eigenvalue weighted by Gasteiger charge is 2.53. The fourth-order valence-electron chi connectivity index (χ4n) is 2.75. The van der Waals surface area contributed by atoms with Gasteiger partial charge in [0.25, 0.3) is 0 Å². The zero-order chi connectivity index (χ0) is 9.76. The van der Waals surface area contributed by atoms with Crippen LogP contribution in [0.4, 0.5) is 0 Å². The van der Waals surface area contributed by atoms with Gasteiger partial charge in [-0.15, -0.1) is 0 Å². The first kappa shape index (κ1) is 8.75. The highest BCUT2D eigenvalue weighted by atomic mass is 35.5. The first-order valence-corrected chi connectivity index (χ1v) is 5.58. The minimum absolute atomic E-state index is 0.0818. The predicted molar refractivity (Wildman–Crippen MR) is 56.7 cm³/mol. The molecule has 0 heterocycles. The molecule has 3 rings (SSSR count). The van der Waals surface area contributed by atoms with Crippen molar-refractivity contribution >= 4 is 11.6 Å². The van der Waals surface area contributed by atoms with E-state index in [9.17, 15) is 5.11 Å². The second-order valence-electron chi connectivity index (χ2n) is 4.48. The number of aliphatic hydroxyl groups excluding tert-OH is 1. The molecule has 2 aliphatic carbocycles. The van der Waals surface area contributed by atoms with E-state index in [0.29, 0.717) is 0 Å². The summed E-state index contributed by atoms with van der Waals surface area (Å²) in [5.74, 6) is 0. The van der Waals surface area contributed by atoms with Crippen molar-refractivity contribution in [2.24, 2.45) is 0 Å². The molecule has 0 aromatic heterocycles. The summed E-state index contributed by atoms with van der Waals surface area (Å²) in [7, 11) is 0. The Morgan fingerprint density at radius 3 is 2.86 bits per heavy atom. The molecule has 1 aromatic carbocycles. The van der Waals surface area contributed by atoms with Crippen molar-refractivity contribution in [3.63, 3.8) is 0 Å². The van der Waals surface area contributed by atoms with E-state index in [1.165, 1.54) is 11.1 Å². The largest absolute Gasteiger partial charge is 0.392 e. The lowest BCUT2D eigenvalue weighted by Gasteiger charge is -2.31. The Kier molecular flexibility index (Phi) is 1.71. The molecule has 14 heavy (non-hydrogen) atoms. The first-order chi connectivity index (χ1) is 6.74. The third kappa shape index (κ3) is 0.999. The molecule has 1 nitrogen and oxygen atoms in total. The SMILES string of the molecule is OC1CCc2c(Cl)cccc2C12CC2. The van der Waals surface area contributed by atoms with Gasteiger partial charge in [-0.05, 0) is 42.9 Å². The summed E-state index contributed by atoms with van der Waals surface area (Å²) in [4.78, 5) is 0. The third-order valence-electron chi connectivity index (χ3n) is 3.75. The molecule has 0 saturated heterocycles. The van der Waals surface area contributed by atoms with Gasteiger partial charge in [0, 0.05) is 10.4 Å². The van der Waals surface area contributed by atoms with Gasteiger partial charge in [-0.1, -0.05) is 23.7 Å². The molecule has 0 radical (unpaired) electrons. The van der Waals surface area contributed by atoms with Gasteiger partial charge in [0.05, 0.1) is 6.10 Å². The molecule has 0 amide bonds. The van der Waals surface area contributed by atoms with Crippen LogP contribution in [0, 0.1) is 0 Å². The maximum Gasteiger partial charge on any atom is 0.0640 e. The number of rotatable bonds is 0. The maximum atomic E-state index is 9.99. The third-order valence-corrected chi connectivity index (χ3v) is 4.10. The molecular formula is C12H13ClO. The smallest absolute Gasteiger partial charge is 0.0640 e. The first-order valence-electron chi connectivity index (χ1n) is 5.20. The van der Waals surface area contributed by atoms with Crippen molar-refractivity contribution in [3.05, 3.63) is 34.3 Å². The van der Waals surface area contributed by atoms with Gasteiger partial charge >= 0.3 is 0 Å². The number of benzene rings is 1. The molecule has 1 atom stereocenters. The fraction of sp³-hybridized carbons (Fsp3) is 0.500. The molecule has 1 fully saturated rings. The molecule has 1 aromatic rings. The second-order valence-corrected chi connectivity index (χ2v) is 4.88. The Morgan fingerprint density at radius 2 is 2.14 bits per heavy atom. The van der Waals surface area contributed by atoms with E-state index < -0.39 is 0 Å². The highest BCUT2D eigenvalue weighted by Crippen LogP contribution is 2.56. The number of fused-ring (bicyclic) bond motifs is 2. The lowest BCUT2D eigenvalue weighted by molar-refractivity contribution is 0.114. The van der Waals surface area contributed by atoms with Gasteiger partial charge in [0.1, 0.15) is 0 Å². The molecule has 0 bridgehead atoms. The Hall–Kier alpha value is -0.530. The minimum atomic E-state index is -0.145. The average Bonchev–Trinajstić information content (AvgIpc) is 2.94. The number of halogens is 1. The van der Waals surface area contributed by atoms with Gasteiger partial charge in [0.2, 0.25) is 0 Å². The Labute approximate surface area is 88.7 Å². The maximum absolute atomic E-state index is 9.99. The Bertz CT molecular complexity index is 382. The number of hydrogen-bond acceptors (Lipinski definition) is 1. The Morgan fingerprint density at radius 1 is 1.36 bits per heavy atom. The van der Waals surface area contributed by atoms with Crippen LogP contribution in [0.1, 0.15) is 30.4 Å². The van der Waals surface area contributed by atoms with Gasteiger partial charge in [-0.25, -0.2) is 0 Å². The molecule has 1 unspecified atom stereocenters. The second kappa shape index (κ2) is 2.74. The summed E-state index contributed by atoms with van der Waals surface area (Å²) in [6.45, 7) is 0. The minimum Gasteiger partial charge on any atom is -0.392 e. The van der Waals surface area contributed by atoms with Crippen molar-refractivity contribution in [3.8, 4) is 0 Å². The molecule has 2 heteroatoms. The topological polar surface area (TPSA) is 20.2 Å². The van der Waals surface area contributed by atoms with Crippen LogP contribution in [-0.2, 0) is 11.8 Å². The van der Waals surface area contributed by atoms with Crippen LogP contribution in [0.3, 0.4) is 0 Å². The zero-order valence-electron chi connectivity index (χ0n) is 7.96. The van der Waals surface area contributed by atoms with Crippen molar-refractivity contribution < 1.29 is 5.11 Å². The normalized spacial score (nSPS) is 27.4. The summed E-state index contributed by atoms with van der Waals surface area (Å²) < 4.78 is 0. The summed E-state index contributed by atoms with van der Waals surface area (Å²) >= 11 is 6.16. The van der Waals surface area contributed by atoms with Crippen molar-refractivity contribution in [2.45, 2.75) is 37.2 Å². The van der Waals surface area contributed by atoms with Gasteiger partial charge in [-0.3, -0.25) is 0 Å². The summed E-state index contributed by atoms with van der Waals surface area (Å²) in [6, 6.07) is 6.09. The van der Waals surface area contributed by atoms with E-state index in [2.05, 4.69) is 6.07 Å². The van der Waals surface area contributed by atoms with Crippen LogP contribution in [0.5, 0.6) is 0 Å². The monoisotopic (exact) mass is 208 g/mol. The molecule has 1 spiro atoms. The van der Waals surface area contributed by atoms with E-state index in [4.69, 9.17) is 11.6 Å². The molecule has 2 aliphatic rings. The lowest BCUT2D eigenvalue weighted by atomic mass is 9.78. The van der Waals surface area contributed by atoms with Gasteiger partial charge in [0.15, 0.2) is 0 Å². The van der Waals surface area contributed by atoms with Crippen LogP contribution < -0.4 is 0 Å². The molecule has 74 valence electrons.